The zero-order chi connectivity index (χ0) is 17.8. The lowest BCUT2D eigenvalue weighted by molar-refractivity contribution is -0.117. The summed E-state index contributed by atoms with van der Waals surface area (Å²) in [5.74, 6) is 0.480. The summed E-state index contributed by atoms with van der Waals surface area (Å²) in [5.41, 5.74) is 1.37. The summed E-state index contributed by atoms with van der Waals surface area (Å²) in [5, 5.41) is 2.98. The number of benzene rings is 2. The van der Waals surface area contributed by atoms with Gasteiger partial charge in [0, 0.05) is 17.9 Å². The van der Waals surface area contributed by atoms with E-state index in [2.05, 4.69) is 5.32 Å². The third-order valence-electron chi connectivity index (χ3n) is 4.19. The van der Waals surface area contributed by atoms with Crippen molar-refractivity contribution in [3.63, 3.8) is 0 Å². The molecule has 2 aromatic rings. The van der Waals surface area contributed by atoms with Gasteiger partial charge in [-0.3, -0.25) is 9.59 Å². The van der Waals surface area contributed by atoms with Crippen molar-refractivity contribution in [3.8, 4) is 5.75 Å². The van der Waals surface area contributed by atoms with E-state index in [4.69, 9.17) is 4.74 Å². The second-order valence-corrected chi connectivity index (χ2v) is 6.60. The van der Waals surface area contributed by atoms with Gasteiger partial charge in [-0.1, -0.05) is 24.3 Å². The normalized spacial score (nSPS) is 16.8. The van der Waals surface area contributed by atoms with E-state index in [0.29, 0.717) is 17.9 Å². The van der Waals surface area contributed by atoms with E-state index in [-0.39, 0.29) is 24.3 Å². The Bertz CT molecular complexity index is 794. The van der Waals surface area contributed by atoms with Gasteiger partial charge in [-0.05, 0) is 30.5 Å². The highest BCUT2D eigenvalue weighted by Crippen LogP contribution is 2.31. The van der Waals surface area contributed by atoms with Crippen LogP contribution in [0.4, 0.5) is 5.69 Å². The average molecular weight is 356 g/mol. The first-order chi connectivity index (χ1) is 12.1. The van der Waals surface area contributed by atoms with Crippen LogP contribution in [-0.2, 0) is 4.79 Å². The molecule has 0 saturated carbocycles. The molecule has 130 valence electrons. The minimum atomic E-state index is -0.222. The van der Waals surface area contributed by atoms with Crippen molar-refractivity contribution in [1.82, 2.24) is 5.32 Å². The minimum Gasteiger partial charge on any atom is -0.495 e. The number of amides is 2. The fraction of sp³-hybridized carbons (Fsp3) is 0.263. The van der Waals surface area contributed by atoms with Gasteiger partial charge in [0.05, 0.1) is 24.4 Å². The van der Waals surface area contributed by atoms with Crippen molar-refractivity contribution in [1.29, 1.82) is 0 Å². The third kappa shape index (κ3) is 3.64. The lowest BCUT2D eigenvalue weighted by Gasteiger charge is -2.20. The van der Waals surface area contributed by atoms with E-state index in [1.807, 2.05) is 48.7 Å². The van der Waals surface area contributed by atoms with Crippen LogP contribution in [0, 0.1) is 0 Å². The number of hydrogen-bond donors (Lipinski definition) is 1. The molecule has 3 rings (SSSR count). The minimum absolute atomic E-state index is 0.0204. The number of nitrogens with zero attached hydrogens (tertiary/aromatic N) is 1. The summed E-state index contributed by atoms with van der Waals surface area (Å²) in [7, 11) is 1.58. The van der Waals surface area contributed by atoms with Gasteiger partial charge in [0.15, 0.2) is 0 Å². The van der Waals surface area contributed by atoms with Crippen molar-refractivity contribution < 1.29 is 14.3 Å². The number of nitrogens with one attached hydrogen (secondary N) is 1. The number of carbonyl (C=O) groups excluding carboxylic acids is 2. The standard InChI is InChI=1S/C19H20N2O3S/c1-24-16-9-5-4-8-15(16)21-12-13(11-18(21)22)20-19(23)14-7-3-6-10-17(14)25-2/h3-10,13H,11-12H2,1-2H3,(H,20,23)/t13-/m0/s1. The molecule has 25 heavy (non-hydrogen) atoms. The fourth-order valence-electron chi connectivity index (χ4n) is 2.99. The van der Waals surface area contributed by atoms with Crippen LogP contribution in [0.25, 0.3) is 0 Å². The average Bonchev–Trinajstić information content (AvgIpc) is 3.01. The van der Waals surface area contributed by atoms with Gasteiger partial charge in [-0.15, -0.1) is 11.8 Å². The van der Waals surface area contributed by atoms with E-state index in [0.717, 1.165) is 10.6 Å². The predicted octanol–water partition coefficient (Wildman–Crippen LogP) is 2.95. The van der Waals surface area contributed by atoms with Gasteiger partial charge < -0.3 is 15.0 Å². The maximum atomic E-state index is 12.6. The molecule has 2 aromatic carbocycles. The summed E-state index contributed by atoms with van der Waals surface area (Å²) in [6.07, 6.45) is 2.22. The quantitative estimate of drug-likeness (QED) is 0.837. The number of para-hydroxylation sites is 2. The summed E-state index contributed by atoms with van der Waals surface area (Å²) >= 11 is 1.53. The Morgan fingerprint density at radius 3 is 2.68 bits per heavy atom. The number of hydrogen-bond acceptors (Lipinski definition) is 4. The van der Waals surface area contributed by atoms with Crippen molar-refractivity contribution in [2.24, 2.45) is 0 Å². The molecule has 0 spiro atoms. The monoisotopic (exact) mass is 356 g/mol. The molecule has 0 radical (unpaired) electrons. The lowest BCUT2D eigenvalue weighted by Crippen LogP contribution is -2.37. The highest BCUT2D eigenvalue weighted by Gasteiger charge is 2.33. The SMILES string of the molecule is COc1ccccc1N1C[C@@H](NC(=O)c2ccccc2SC)CC1=O. The number of ether oxygens (including phenoxy) is 1. The molecule has 1 heterocycles. The Hall–Kier alpha value is -2.47. The Morgan fingerprint density at radius 2 is 1.92 bits per heavy atom. The molecule has 0 aromatic heterocycles. The first-order valence-corrected chi connectivity index (χ1v) is 9.23. The van der Waals surface area contributed by atoms with Crippen LogP contribution in [0.2, 0.25) is 0 Å². The number of rotatable bonds is 5. The van der Waals surface area contributed by atoms with Gasteiger partial charge in [-0.2, -0.15) is 0 Å². The Kier molecular flexibility index (Phi) is 5.28. The molecule has 1 aliphatic heterocycles. The first-order valence-electron chi connectivity index (χ1n) is 8.01. The highest BCUT2D eigenvalue weighted by atomic mass is 32.2. The zero-order valence-corrected chi connectivity index (χ0v) is 15.0. The molecule has 1 aliphatic rings. The zero-order valence-electron chi connectivity index (χ0n) is 14.2. The third-order valence-corrected chi connectivity index (χ3v) is 4.98. The van der Waals surface area contributed by atoms with E-state index in [1.54, 1.807) is 18.1 Å². The number of anilines is 1. The van der Waals surface area contributed by atoms with Crippen LogP contribution < -0.4 is 15.0 Å². The van der Waals surface area contributed by atoms with Crippen LogP contribution in [-0.4, -0.2) is 37.8 Å². The molecule has 0 bridgehead atoms. The van der Waals surface area contributed by atoms with Crippen molar-refractivity contribution in [2.45, 2.75) is 17.4 Å². The summed E-state index contributed by atoms with van der Waals surface area (Å²) < 4.78 is 5.34. The van der Waals surface area contributed by atoms with Crippen LogP contribution in [0.15, 0.2) is 53.4 Å². The van der Waals surface area contributed by atoms with Gasteiger partial charge in [0.25, 0.3) is 5.91 Å². The van der Waals surface area contributed by atoms with E-state index < -0.39 is 0 Å². The van der Waals surface area contributed by atoms with Gasteiger partial charge in [-0.25, -0.2) is 0 Å². The largest absolute Gasteiger partial charge is 0.495 e. The highest BCUT2D eigenvalue weighted by molar-refractivity contribution is 7.98. The van der Waals surface area contributed by atoms with Gasteiger partial charge in [0.2, 0.25) is 5.91 Å². The summed E-state index contributed by atoms with van der Waals surface area (Å²) in [4.78, 5) is 27.6. The second kappa shape index (κ2) is 7.61. The fourth-order valence-corrected chi connectivity index (χ4v) is 3.58. The van der Waals surface area contributed by atoms with Crippen molar-refractivity contribution >= 4 is 29.3 Å². The molecule has 0 unspecified atom stereocenters. The van der Waals surface area contributed by atoms with Crippen LogP contribution in [0.3, 0.4) is 0 Å². The van der Waals surface area contributed by atoms with Gasteiger partial charge >= 0.3 is 0 Å². The molecule has 1 N–H and O–H groups in total. The van der Waals surface area contributed by atoms with Gasteiger partial charge in [0.1, 0.15) is 5.75 Å². The Balaban J connectivity index is 1.74. The topological polar surface area (TPSA) is 58.6 Å². The lowest BCUT2D eigenvalue weighted by atomic mass is 10.2. The van der Waals surface area contributed by atoms with Crippen molar-refractivity contribution in [2.75, 3.05) is 24.8 Å². The number of methoxy groups -OCH3 is 1. The smallest absolute Gasteiger partial charge is 0.252 e. The molecular formula is C19H20N2O3S. The molecule has 1 fully saturated rings. The Morgan fingerprint density at radius 1 is 1.20 bits per heavy atom. The summed E-state index contributed by atoms with van der Waals surface area (Å²) in [6, 6.07) is 14.7. The molecule has 1 atom stereocenters. The Labute approximate surface area is 151 Å². The summed E-state index contributed by atoms with van der Waals surface area (Å²) in [6.45, 7) is 0.437. The first kappa shape index (κ1) is 17.4. The molecule has 0 aliphatic carbocycles. The van der Waals surface area contributed by atoms with Crippen LogP contribution >= 0.6 is 11.8 Å². The van der Waals surface area contributed by atoms with E-state index in [1.165, 1.54) is 11.8 Å². The molecule has 6 heteroatoms. The second-order valence-electron chi connectivity index (χ2n) is 5.75. The van der Waals surface area contributed by atoms with E-state index in [9.17, 15) is 9.59 Å². The van der Waals surface area contributed by atoms with Crippen molar-refractivity contribution in [3.05, 3.63) is 54.1 Å². The predicted molar refractivity (Wildman–Crippen MR) is 99.4 cm³/mol. The maximum Gasteiger partial charge on any atom is 0.252 e. The number of thioether (sulfide) groups is 1. The van der Waals surface area contributed by atoms with E-state index >= 15 is 0 Å². The maximum absolute atomic E-state index is 12.6. The molecular weight excluding hydrogens is 336 g/mol. The molecule has 1 saturated heterocycles. The number of carbonyl (C=O) groups is 2. The van der Waals surface area contributed by atoms with Crippen LogP contribution in [0.1, 0.15) is 16.8 Å². The molecule has 5 nitrogen and oxygen atoms in total. The molecule has 2 amide bonds. The van der Waals surface area contributed by atoms with Crippen LogP contribution in [0.5, 0.6) is 5.75 Å².